The molecule has 1 N–H and O–H groups in total. The minimum atomic E-state index is 0.747. The number of aromatic nitrogens is 2. The molecule has 0 aromatic carbocycles. The summed E-state index contributed by atoms with van der Waals surface area (Å²) >= 11 is 0. The van der Waals surface area contributed by atoms with Gasteiger partial charge in [-0.15, -0.1) is 0 Å². The Hall–Kier alpha value is -1.32. The van der Waals surface area contributed by atoms with E-state index in [0.717, 1.165) is 48.6 Å². The number of nitrogens with zero attached hydrogens (tertiary/aromatic N) is 2. The van der Waals surface area contributed by atoms with Crippen molar-refractivity contribution in [3.63, 3.8) is 0 Å². The SMILES string of the molecule is CCNc1nc(CC)nc(OCC2CC2)c1C. The summed E-state index contributed by atoms with van der Waals surface area (Å²) < 4.78 is 5.80. The lowest BCUT2D eigenvalue weighted by Gasteiger charge is -2.13. The molecule has 1 aromatic rings. The first kappa shape index (κ1) is 12.1. The fraction of sp³-hybridized carbons (Fsp3) is 0.692. The molecule has 0 bridgehead atoms. The van der Waals surface area contributed by atoms with Crippen molar-refractivity contribution < 1.29 is 4.74 Å². The molecular weight excluding hydrogens is 214 g/mol. The fourth-order valence-electron chi connectivity index (χ4n) is 1.66. The van der Waals surface area contributed by atoms with Crippen molar-refractivity contribution >= 4 is 5.82 Å². The van der Waals surface area contributed by atoms with E-state index >= 15 is 0 Å². The Bertz CT molecular complexity index is 388. The van der Waals surface area contributed by atoms with E-state index in [4.69, 9.17) is 4.74 Å². The van der Waals surface area contributed by atoms with Crippen LogP contribution in [0.25, 0.3) is 0 Å². The number of anilines is 1. The van der Waals surface area contributed by atoms with E-state index in [1.807, 2.05) is 6.92 Å². The van der Waals surface area contributed by atoms with Crippen molar-refractivity contribution in [2.24, 2.45) is 5.92 Å². The van der Waals surface area contributed by atoms with Crippen LogP contribution in [0.2, 0.25) is 0 Å². The zero-order chi connectivity index (χ0) is 12.3. The smallest absolute Gasteiger partial charge is 0.221 e. The molecule has 1 saturated carbocycles. The molecule has 2 rings (SSSR count). The third-order valence-corrected chi connectivity index (χ3v) is 2.96. The predicted octanol–water partition coefficient (Wildman–Crippen LogP) is 2.57. The average Bonchev–Trinajstić information content (AvgIpc) is 3.14. The lowest BCUT2D eigenvalue weighted by Crippen LogP contribution is -2.10. The normalized spacial score (nSPS) is 14.8. The second-order valence-electron chi connectivity index (χ2n) is 4.56. The summed E-state index contributed by atoms with van der Waals surface area (Å²) in [7, 11) is 0. The largest absolute Gasteiger partial charge is 0.477 e. The molecule has 1 fully saturated rings. The van der Waals surface area contributed by atoms with Crippen LogP contribution in [0, 0.1) is 12.8 Å². The summed E-state index contributed by atoms with van der Waals surface area (Å²) in [4.78, 5) is 8.94. The molecular formula is C13H21N3O. The second kappa shape index (κ2) is 5.34. The zero-order valence-electron chi connectivity index (χ0n) is 10.9. The van der Waals surface area contributed by atoms with Crippen LogP contribution in [0.4, 0.5) is 5.82 Å². The molecule has 94 valence electrons. The van der Waals surface area contributed by atoms with E-state index in [2.05, 4.69) is 29.1 Å². The number of rotatable bonds is 6. The highest BCUT2D eigenvalue weighted by atomic mass is 16.5. The van der Waals surface area contributed by atoms with Gasteiger partial charge in [-0.3, -0.25) is 0 Å². The van der Waals surface area contributed by atoms with Crippen molar-refractivity contribution in [1.82, 2.24) is 9.97 Å². The predicted molar refractivity (Wildman–Crippen MR) is 68.5 cm³/mol. The van der Waals surface area contributed by atoms with Crippen molar-refractivity contribution in [3.8, 4) is 5.88 Å². The molecule has 4 heteroatoms. The molecule has 0 saturated heterocycles. The van der Waals surface area contributed by atoms with Gasteiger partial charge in [0.25, 0.3) is 0 Å². The Kier molecular flexibility index (Phi) is 3.82. The maximum absolute atomic E-state index is 5.80. The van der Waals surface area contributed by atoms with Gasteiger partial charge >= 0.3 is 0 Å². The summed E-state index contributed by atoms with van der Waals surface area (Å²) in [6, 6.07) is 0. The number of ether oxygens (including phenoxy) is 1. The van der Waals surface area contributed by atoms with Crippen LogP contribution >= 0.6 is 0 Å². The molecule has 0 atom stereocenters. The highest BCUT2D eigenvalue weighted by molar-refractivity contribution is 5.48. The van der Waals surface area contributed by atoms with Gasteiger partial charge in [0.05, 0.1) is 12.2 Å². The van der Waals surface area contributed by atoms with Crippen molar-refractivity contribution in [2.45, 2.75) is 40.0 Å². The van der Waals surface area contributed by atoms with E-state index in [0.29, 0.717) is 0 Å². The van der Waals surface area contributed by atoms with E-state index in [9.17, 15) is 0 Å². The van der Waals surface area contributed by atoms with Crippen LogP contribution in [0.15, 0.2) is 0 Å². The topological polar surface area (TPSA) is 47.0 Å². The Balaban J connectivity index is 2.17. The van der Waals surface area contributed by atoms with Crippen LogP contribution in [0.1, 0.15) is 38.1 Å². The minimum Gasteiger partial charge on any atom is -0.477 e. The summed E-state index contributed by atoms with van der Waals surface area (Å²) in [6.45, 7) is 7.80. The van der Waals surface area contributed by atoms with Gasteiger partial charge in [-0.25, -0.2) is 4.98 Å². The molecule has 0 spiro atoms. The third-order valence-electron chi connectivity index (χ3n) is 2.96. The molecule has 4 nitrogen and oxygen atoms in total. The standard InChI is InChI=1S/C13H21N3O/c1-4-11-15-12(14-5-2)9(3)13(16-11)17-8-10-6-7-10/h10H,4-8H2,1-3H3,(H,14,15,16). The van der Waals surface area contributed by atoms with Gasteiger partial charge in [-0.2, -0.15) is 4.98 Å². The van der Waals surface area contributed by atoms with Gasteiger partial charge in [0.2, 0.25) is 5.88 Å². The van der Waals surface area contributed by atoms with E-state index in [1.165, 1.54) is 12.8 Å². The molecule has 17 heavy (non-hydrogen) atoms. The molecule has 1 aliphatic carbocycles. The number of aryl methyl sites for hydroxylation is 1. The van der Waals surface area contributed by atoms with Gasteiger partial charge in [0.1, 0.15) is 11.6 Å². The average molecular weight is 235 g/mol. The van der Waals surface area contributed by atoms with E-state index in [1.54, 1.807) is 0 Å². The first-order valence-corrected chi connectivity index (χ1v) is 6.48. The Morgan fingerprint density at radius 1 is 1.29 bits per heavy atom. The maximum Gasteiger partial charge on any atom is 0.221 e. The van der Waals surface area contributed by atoms with Crippen LogP contribution in [0.5, 0.6) is 5.88 Å². The third kappa shape index (κ3) is 3.08. The molecule has 0 aliphatic heterocycles. The molecule has 0 radical (unpaired) electrons. The monoisotopic (exact) mass is 235 g/mol. The first-order valence-electron chi connectivity index (χ1n) is 6.48. The highest BCUT2D eigenvalue weighted by Crippen LogP contribution is 2.30. The van der Waals surface area contributed by atoms with Crippen LogP contribution in [-0.4, -0.2) is 23.1 Å². The van der Waals surface area contributed by atoms with Gasteiger partial charge in [0.15, 0.2) is 0 Å². The van der Waals surface area contributed by atoms with Crippen molar-refractivity contribution in [1.29, 1.82) is 0 Å². The molecule has 1 heterocycles. The van der Waals surface area contributed by atoms with Gasteiger partial charge < -0.3 is 10.1 Å². The van der Waals surface area contributed by atoms with E-state index in [-0.39, 0.29) is 0 Å². The molecule has 0 amide bonds. The van der Waals surface area contributed by atoms with Crippen molar-refractivity contribution in [3.05, 3.63) is 11.4 Å². The quantitative estimate of drug-likeness (QED) is 0.823. The summed E-state index contributed by atoms with van der Waals surface area (Å²) in [5.74, 6) is 3.25. The maximum atomic E-state index is 5.80. The minimum absolute atomic E-state index is 0.747. The second-order valence-corrected chi connectivity index (χ2v) is 4.56. The Morgan fingerprint density at radius 3 is 2.65 bits per heavy atom. The van der Waals surface area contributed by atoms with Crippen LogP contribution < -0.4 is 10.1 Å². The summed E-state index contributed by atoms with van der Waals surface area (Å²) in [6.07, 6.45) is 3.42. The number of hydrogen-bond donors (Lipinski definition) is 1. The fourth-order valence-corrected chi connectivity index (χ4v) is 1.66. The number of nitrogens with one attached hydrogen (secondary N) is 1. The highest BCUT2D eigenvalue weighted by Gasteiger charge is 2.23. The number of hydrogen-bond acceptors (Lipinski definition) is 4. The molecule has 0 unspecified atom stereocenters. The van der Waals surface area contributed by atoms with Gasteiger partial charge in [-0.05, 0) is 32.6 Å². The van der Waals surface area contributed by atoms with Gasteiger partial charge in [-0.1, -0.05) is 6.92 Å². The summed E-state index contributed by atoms with van der Waals surface area (Å²) in [5, 5.41) is 3.26. The van der Waals surface area contributed by atoms with Crippen LogP contribution in [-0.2, 0) is 6.42 Å². The van der Waals surface area contributed by atoms with Crippen LogP contribution in [0.3, 0.4) is 0 Å². The van der Waals surface area contributed by atoms with E-state index < -0.39 is 0 Å². The first-order chi connectivity index (χ1) is 8.24. The lowest BCUT2D eigenvalue weighted by molar-refractivity contribution is 0.285. The summed E-state index contributed by atoms with van der Waals surface area (Å²) in [5.41, 5.74) is 1.02. The zero-order valence-corrected chi connectivity index (χ0v) is 10.9. The Labute approximate surface area is 103 Å². The van der Waals surface area contributed by atoms with Gasteiger partial charge in [0, 0.05) is 13.0 Å². The Morgan fingerprint density at radius 2 is 2.06 bits per heavy atom. The lowest BCUT2D eigenvalue weighted by atomic mass is 10.3. The molecule has 1 aliphatic rings. The van der Waals surface area contributed by atoms with Crippen molar-refractivity contribution in [2.75, 3.05) is 18.5 Å². The molecule has 1 aromatic heterocycles.